The first-order chi connectivity index (χ1) is 13.8. The third-order valence-corrected chi connectivity index (χ3v) is 4.16. The van der Waals surface area contributed by atoms with Crippen LogP contribution in [0.1, 0.15) is 31.4 Å². The van der Waals surface area contributed by atoms with Gasteiger partial charge in [0.1, 0.15) is 6.54 Å². The Bertz CT molecular complexity index is 782. The van der Waals surface area contributed by atoms with Crippen LogP contribution in [-0.4, -0.2) is 66.3 Å². The summed E-state index contributed by atoms with van der Waals surface area (Å²) in [4.78, 5) is 62.2. The normalized spacial score (nSPS) is 14.6. The summed E-state index contributed by atoms with van der Waals surface area (Å²) in [6.07, 6.45) is -1.20. The number of likely N-dealkylation sites (N-methyl/N-ethyl adjacent to an activating group) is 1. The highest BCUT2D eigenvalue weighted by Gasteiger charge is 2.33. The summed E-state index contributed by atoms with van der Waals surface area (Å²) in [6.45, 7) is 2.13. The van der Waals surface area contributed by atoms with Gasteiger partial charge in [-0.15, -0.1) is 0 Å². The molecule has 0 unspecified atom stereocenters. The number of hydrogen-bond donors (Lipinski definition) is 2. The van der Waals surface area contributed by atoms with Crippen LogP contribution in [0.4, 0.5) is 9.59 Å². The maximum Gasteiger partial charge on any atom is 0.326 e. The summed E-state index contributed by atoms with van der Waals surface area (Å²) >= 11 is 0. The molecule has 2 rings (SSSR count). The number of urea groups is 2. The van der Waals surface area contributed by atoms with E-state index >= 15 is 0 Å². The van der Waals surface area contributed by atoms with E-state index in [9.17, 15) is 24.0 Å². The van der Waals surface area contributed by atoms with E-state index in [2.05, 4.69) is 10.6 Å². The van der Waals surface area contributed by atoms with Crippen LogP contribution < -0.4 is 10.6 Å². The van der Waals surface area contributed by atoms with Crippen molar-refractivity contribution in [3.05, 3.63) is 35.9 Å². The van der Waals surface area contributed by atoms with Crippen LogP contribution in [0.15, 0.2) is 30.3 Å². The number of nitrogens with one attached hydrogen (secondary N) is 2. The first-order valence-electron chi connectivity index (χ1n) is 9.22. The molecule has 29 heavy (non-hydrogen) atoms. The molecule has 6 amide bonds. The number of carbonyl (C=O) groups is 5. The lowest BCUT2D eigenvalue weighted by atomic mass is 10.1. The summed E-state index contributed by atoms with van der Waals surface area (Å²) in [6, 6.07) is 7.20. The van der Waals surface area contributed by atoms with Crippen LogP contribution in [0.25, 0.3) is 0 Å². The molecule has 1 fully saturated rings. The Hall–Kier alpha value is -3.43. The average Bonchev–Trinajstić information content (AvgIpc) is 2.92. The topological polar surface area (TPSA) is 125 Å². The Morgan fingerprint density at radius 2 is 1.86 bits per heavy atom. The van der Waals surface area contributed by atoms with Gasteiger partial charge in [0.05, 0.1) is 0 Å². The number of amides is 6. The predicted octanol–water partition coefficient (Wildman–Crippen LogP) is 0.791. The van der Waals surface area contributed by atoms with E-state index in [0.29, 0.717) is 12.1 Å². The zero-order valence-electron chi connectivity index (χ0n) is 16.3. The summed E-state index contributed by atoms with van der Waals surface area (Å²) < 4.78 is 5.29. The second-order valence-corrected chi connectivity index (χ2v) is 6.42. The fraction of sp³-hybridized carbons (Fsp3) is 0.421. The van der Waals surface area contributed by atoms with E-state index in [-0.39, 0.29) is 31.8 Å². The van der Waals surface area contributed by atoms with Crippen molar-refractivity contribution in [3.8, 4) is 0 Å². The highest BCUT2D eigenvalue weighted by Crippen LogP contribution is 2.19. The zero-order chi connectivity index (χ0) is 21.4. The zero-order valence-corrected chi connectivity index (χ0v) is 16.3. The minimum absolute atomic E-state index is 0.0133. The molecular weight excluding hydrogens is 380 g/mol. The molecule has 10 heteroatoms. The predicted molar refractivity (Wildman–Crippen MR) is 101 cm³/mol. The molecule has 2 N–H and O–H groups in total. The molecule has 1 aromatic carbocycles. The van der Waals surface area contributed by atoms with Crippen molar-refractivity contribution in [2.75, 3.05) is 26.7 Å². The van der Waals surface area contributed by atoms with E-state index in [1.807, 2.05) is 0 Å². The first kappa shape index (κ1) is 21.9. The van der Waals surface area contributed by atoms with Crippen molar-refractivity contribution in [3.63, 3.8) is 0 Å². The Morgan fingerprint density at radius 1 is 1.17 bits per heavy atom. The van der Waals surface area contributed by atoms with Gasteiger partial charge in [-0.1, -0.05) is 30.3 Å². The molecular formula is C19H24N4O6. The number of nitrogens with zero attached hydrogens (tertiary/aromatic N) is 2. The molecule has 0 saturated carbocycles. The van der Waals surface area contributed by atoms with Gasteiger partial charge in [-0.25, -0.2) is 9.59 Å². The number of imide groups is 2. The lowest BCUT2D eigenvalue weighted by Crippen LogP contribution is -2.42. The molecule has 156 valence electrons. The van der Waals surface area contributed by atoms with Crippen molar-refractivity contribution in [1.29, 1.82) is 0 Å². The minimum atomic E-state index is -1.30. The molecule has 10 nitrogen and oxygen atoms in total. The van der Waals surface area contributed by atoms with Crippen molar-refractivity contribution in [2.45, 2.75) is 25.9 Å². The van der Waals surface area contributed by atoms with Gasteiger partial charge in [-0.3, -0.25) is 24.6 Å². The molecule has 0 spiro atoms. The SMILES string of the molecule is CCNC(=O)NC(=O)[C@H](OC(=O)CCCN1C(=O)CN(C)C1=O)c1ccccc1. The van der Waals surface area contributed by atoms with Gasteiger partial charge in [0.15, 0.2) is 0 Å². The minimum Gasteiger partial charge on any atom is -0.447 e. The molecule has 0 aliphatic carbocycles. The van der Waals surface area contributed by atoms with Crippen LogP contribution in [0, 0.1) is 0 Å². The van der Waals surface area contributed by atoms with Crippen molar-refractivity contribution < 1.29 is 28.7 Å². The van der Waals surface area contributed by atoms with Crippen LogP contribution in [-0.2, 0) is 19.1 Å². The first-order valence-corrected chi connectivity index (χ1v) is 9.22. The molecule has 0 aromatic heterocycles. The third kappa shape index (κ3) is 6.03. The molecule has 1 saturated heterocycles. The van der Waals surface area contributed by atoms with E-state index < -0.39 is 30.0 Å². The maximum atomic E-state index is 12.4. The van der Waals surface area contributed by atoms with Gasteiger partial charge < -0.3 is 15.0 Å². The third-order valence-electron chi connectivity index (χ3n) is 4.16. The van der Waals surface area contributed by atoms with Gasteiger partial charge in [0, 0.05) is 32.1 Å². The Balaban J connectivity index is 1.94. The fourth-order valence-corrected chi connectivity index (χ4v) is 2.74. The summed E-state index contributed by atoms with van der Waals surface area (Å²) in [5, 5.41) is 4.56. The van der Waals surface area contributed by atoms with E-state index in [1.54, 1.807) is 37.3 Å². The monoisotopic (exact) mass is 404 g/mol. The van der Waals surface area contributed by atoms with Gasteiger partial charge >= 0.3 is 18.0 Å². The second kappa shape index (κ2) is 10.2. The molecule has 0 radical (unpaired) electrons. The average molecular weight is 404 g/mol. The summed E-state index contributed by atoms with van der Waals surface area (Å²) in [5.74, 6) is -1.78. The van der Waals surface area contributed by atoms with Crippen LogP contribution in [0.2, 0.25) is 0 Å². The summed E-state index contributed by atoms with van der Waals surface area (Å²) in [5.41, 5.74) is 0.411. The van der Waals surface area contributed by atoms with Gasteiger partial charge in [0.2, 0.25) is 12.0 Å². The molecule has 1 aliphatic rings. The van der Waals surface area contributed by atoms with Gasteiger partial charge in [-0.05, 0) is 13.3 Å². The van der Waals surface area contributed by atoms with Crippen molar-refractivity contribution >= 4 is 29.8 Å². The fourth-order valence-electron chi connectivity index (χ4n) is 2.74. The van der Waals surface area contributed by atoms with Crippen LogP contribution in [0.5, 0.6) is 0 Å². The van der Waals surface area contributed by atoms with Crippen LogP contribution in [0.3, 0.4) is 0 Å². The molecule has 1 atom stereocenters. The molecule has 1 aromatic rings. The maximum absolute atomic E-state index is 12.4. The molecule has 1 heterocycles. The number of benzene rings is 1. The quantitative estimate of drug-likeness (QED) is 0.487. The smallest absolute Gasteiger partial charge is 0.326 e. The highest BCUT2D eigenvalue weighted by atomic mass is 16.5. The summed E-state index contributed by atoms with van der Waals surface area (Å²) in [7, 11) is 1.52. The van der Waals surface area contributed by atoms with Crippen molar-refractivity contribution in [2.24, 2.45) is 0 Å². The number of hydrogen-bond acceptors (Lipinski definition) is 6. The van der Waals surface area contributed by atoms with Crippen LogP contribution >= 0.6 is 0 Å². The Morgan fingerprint density at radius 3 is 2.45 bits per heavy atom. The Kier molecular flexibility index (Phi) is 7.70. The number of ether oxygens (including phenoxy) is 1. The van der Waals surface area contributed by atoms with Crippen molar-refractivity contribution in [1.82, 2.24) is 20.4 Å². The second-order valence-electron chi connectivity index (χ2n) is 6.42. The molecule has 0 bridgehead atoms. The number of carbonyl (C=O) groups excluding carboxylic acids is 5. The number of rotatable bonds is 8. The highest BCUT2D eigenvalue weighted by molar-refractivity contribution is 6.01. The van der Waals surface area contributed by atoms with Gasteiger partial charge in [0.25, 0.3) is 5.91 Å². The van der Waals surface area contributed by atoms with E-state index in [1.165, 1.54) is 11.9 Å². The van der Waals surface area contributed by atoms with E-state index in [0.717, 1.165) is 4.90 Å². The molecule has 1 aliphatic heterocycles. The van der Waals surface area contributed by atoms with E-state index in [4.69, 9.17) is 4.74 Å². The standard InChI is InChI=1S/C19H24N4O6/c1-3-20-18(27)21-17(26)16(13-8-5-4-6-9-13)29-15(25)10-7-11-23-14(24)12-22(2)19(23)28/h4-6,8-9,16H,3,7,10-12H2,1-2H3,(H2,20,21,26,27)/t16-/m1/s1. The largest absolute Gasteiger partial charge is 0.447 e. The number of esters is 1. The van der Waals surface area contributed by atoms with Gasteiger partial charge in [-0.2, -0.15) is 0 Å². The lowest BCUT2D eigenvalue weighted by Gasteiger charge is -2.18. The lowest BCUT2D eigenvalue weighted by molar-refractivity contribution is -0.156. The Labute approximate surface area is 168 Å².